The quantitative estimate of drug-likeness (QED) is 0.0611. The van der Waals surface area contributed by atoms with Gasteiger partial charge in [0.1, 0.15) is 0 Å². The van der Waals surface area contributed by atoms with Crippen LogP contribution < -0.4 is 43.2 Å². The number of ether oxygens (including phenoxy) is 9. The average Bonchev–Trinajstić information content (AvgIpc) is 3.84. The van der Waals surface area contributed by atoms with E-state index in [4.69, 9.17) is 42.6 Å². The lowest BCUT2D eigenvalue weighted by Gasteiger charge is -2.39. The number of cyclic esters (lactones) is 1. The Morgan fingerprint density at radius 2 is 1.38 bits per heavy atom. The fourth-order valence-corrected chi connectivity index (χ4v) is 7.71. The van der Waals surface area contributed by atoms with Gasteiger partial charge in [0.2, 0.25) is 18.3 Å². The molecule has 1 saturated heterocycles. The number of benzene rings is 4. The molecule has 4 atom stereocenters. The number of nitro groups is 1. The number of rotatable bonds is 12. The molecule has 292 valence electrons. The number of amides is 1. The SMILES string of the molecule is COc1cc(/C(=C\c2ccc(O)c([N+](=O)[O-])c2)C(=O)NC2c3cc4c(cc3C(c3cc(OC)c(OC)c(OC)c3)[C@H]3C(=O)OCC23)OCO4)cc(OC)c1OC. The molecule has 4 aromatic rings. The van der Waals surface area contributed by atoms with Crippen LogP contribution in [0.3, 0.4) is 0 Å². The van der Waals surface area contributed by atoms with Crippen LogP contribution in [0.25, 0.3) is 11.6 Å². The summed E-state index contributed by atoms with van der Waals surface area (Å²) in [7, 11) is 8.80. The van der Waals surface area contributed by atoms with Crippen LogP contribution in [0.1, 0.15) is 39.8 Å². The summed E-state index contributed by atoms with van der Waals surface area (Å²) in [5.74, 6) is -0.772. The fraction of sp³-hybridized carbons (Fsp3) is 0.300. The van der Waals surface area contributed by atoms with Crippen molar-refractivity contribution in [1.82, 2.24) is 5.32 Å². The first-order chi connectivity index (χ1) is 27.0. The number of carbonyl (C=O) groups is 2. The van der Waals surface area contributed by atoms with Crippen molar-refractivity contribution < 1.29 is 62.3 Å². The molecule has 0 radical (unpaired) electrons. The second-order valence-electron chi connectivity index (χ2n) is 13.0. The van der Waals surface area contributed by atoms with Gasteiger partial charge in [-0.15, -0.1) is 0 Å². The maximum atomic E-state index is 14.9. The van der Waals surface area contributed by atoms with Crippen LogP contribution in [0.15, 0.2) is 54.6 Å². The van der Waals surface area contributed by atoms with Crippen molar-refractivity contribution in [2.45, 2.75) is 12.0 Å². The zero-order valence-corrected chi connectivity index (χ0v) is 31.2. The number of hydrogen-bond donors (Lipinski definition) is 2. The molecule has 4 aromatic carbocycles. The third-order valence-corrected chi connectivity index (χ3v) is 10.2. The number of aromatic hydroxyl groups is 1. The van der Waals surface area contributed by atoms with E-state index in [-0.39, 0.29) is 41.8 Å². The van der Waals surface area contributed by atoms with Crippen molar-refractivity contribution in [3.63, 3.8) is 0 Å². The third kappa shape index (κ3) is 6.41. The predicted molar refractivity (Wildman–Crippen MR) is 198 cm³/mol. The first kappa shape index (κ1) is 37.5. The lowest BCUT2D eigenvalue weighted by atomic mass is 9.65. The van der Waals surface area contributed by atoms with E-state index >= 15 is 0 Å². The summed E-state index contributed by atoms with van der Waals surface area (Å²) in [6.45, 7) is -0.0393. The van der Waals surface area contributed by atoms with Crippen LogP contribution in [0.5, 0.6) is 51.7 Å². The fourth-order valence-electron chi connectivity index (χ4n) is 7.71. The van der Waals surface area contributed by atoms with Crippen LogP contribution in [0, 0.1) is 22.0 Å². The van der Waals surface area contributed by atoms with E-state index in [0.29, 0.717) is 51.0 Å². The van der Waals surface area contributed by atoms with Crippen molar-refractivity contribution in [2.75, 3.05) is 56.1 Å². The van der Waals surface area contributed by atoms with Gasteiger partial charge in [0.15, 0.2) is 40.2 Å². The molecule has 1 fully saturated rings. The molecule has 0 saturated carbocycles. The van der Waals surface area contributed by atoms with Crippen molar-refractivity contribution in [2.24, 2.45) is 11.8 Å². The number of hydrogen-bond acceptors (Lipinski definition) is 14. The van der Waals surface area contributed by atoms with Gasteiger partial charge in [-0.3, -0.25) is 19.7 Å². The highest BCUT2D eigenvalue weighted by Gasteiger charge is 2.53. The maximum absolute atomic E-state index is 14.9. The smallest absolute Gasteiger partial charge is 0.311 e. The van der Waals surface area contributed by atoms with E-state index in [1.807, 2.05) is 0 Å². The summed E-state index contributed by atoms with van der Waals surface area (Å²) in [5.41, 5.74) is 2.01. The van der Waals surface area contributed by atoms with E-state index < -0.39 is 52.0 Å². The molecule has 2 heterocycles. The molecule has 0 bridgehead atoms. The summed E-state index contributed by atoms with van der Waals surface area (Å²) in [6, 6.07) is 13.2. The predicted octanol–water partition coefficient (Wildman–Crippen LogP) is 5.41. The van der Waals surface area contributed by atoms with Gasteiger partial charge >= 0.3 is 11.7 Å². The summed E-state index contributed by atoms with van der Waals surface area (Å²) in [6.07, 6.45) is 1.44. The molecule has 2 N–H and O–H groups in total. The molecule has 16 nitrogen and oxygen atoms in total. The third-order valence-electron chi connectivity index (χ3n) is 10.2. The van der Waals surface area contributed by atoms with Gasteiger partial charge in [-0.05, 0) is 76.4 Å². The number of phenolic OH excluding ortho intramolecular Hbond substituents is 1. The molecular formula is C40H38N2O14. The molecule has 1 amide bonds. The minimum absolute atomic E-state index is 0.0172. The average molecular weight is 771 g/mol. The normalized spacial score (nSPS) is 19.2. The van der Waals surface area contributed by atoms with Gasteiger partial charge in [0.05, 0.1) is 66.1 Å². The topological polar surface area (TPSA) is 193 Å². The zero-order valence-electron chi connectivity index (χ0n) is 31.2. The van der Waals surface area contributed by atoms with Gasteiger partial charge in [-0.25, -0.2) is 0 Å². The first-order valence-electron chi connectivity index (χ1n) is 17.3. The van der Waals surface area contributed by atoms with Crippen LogP contribution in [-0.4, -0.2) is 78.0 Å². The van der Waals surface area contributed by atoms with Crippen molar-refractivity contribution >= 4 is 29.2 Å². The molecule has 2 aliphatic heterocycles. The Morgan fingerprint density at radius 1 is 0.804 bits per heavy atom. The Bertz CT molecular complexity index is 2220. The number of carbonyl (C=O) groups excluding carboxylic acids is 2. The molecule has 0 aromatic heterocycles. The number of fused-ring (bicyclic) bond motifs is 3. The molecule has 3 aliphatic rings. The molecule has 16 heteroatoms. The Balaban J connectivity index is 1.40. The molecule has 56 heavy (non-hydrogen) atoms. The van der Waals surface area contributed by atoms with Gasteiger partial charge < -0.3 is 53.1 Å². The van der Waals surface area contributed by atoms with Crippen LogP contribution in [0.2, 0.25) is 0 Å². The summed E-state index contributed by atoms with van der Waals surface area (Å²) >= 11 is 0. The number of nitrogens with one attached hydrogen (secondary N) is 1. The Morgan fingerprint density at radius 3 is 1.93 bits per heavy atom. The van der Waals surface area contributed by atoms with Crippen LogP contribution in [-0.2, 0) is 14.3 Å². The summed E-state index contributed by atoms with van der Waals surface area (Å²) in [5, 5.41) is 25.1. The Labute approximate surface area is 320 Å². The Hall–Kier alpha value is -6.84. The van der Waals surface area contributed by atoms with E-state index in [1.165, 1.54) is 60.9 Å². The number of nitrogens with zero attached hydrogens (tertiary/aromatic N) is 1. The van der Waals surface area contributed by atoms with Gasteiger partial charge in [-0.2, -0.15) is 0 Å². The molecule has 3 unspecified atom stereocenters. The van der Waals surface area contributed by atoms with Gasteiger partial charge in [0.25, 0.3) is 5.91 Å². The van der Waals surface area contributed by atoms with Crippen LogP contribution >= 0.6 is 0 Å². The number of phenols is 1. The van der Waals surface area contributed by atoms with Gasteiger partial charge in [-0.1, -0.05) is 6.07 Å². The second-order valence-corrected chi connectivity index (χ2v) is 13.0. The lowest BCUT2D eigenvalue weighted by Crippen LogP contribution is -2.43. The monoisotopic (exact) mass is 770 g/mol. The highest BCUT2D eigenvalue weighted by atomic mass is 16.7. The highest BCUT2D eigenvalue weighted by Crippen LogP contribution is 2.56. The van der Waals surface area contributed by atoms with E-state index in [0.717, 1.165) is 6.07 Å². The minimum Gasteiger partial charge on any atom is -0.502 e. The minimum atomic E-state index is -0.818. The lowest BCUT2D eigenvalue weighted by molar-refractivity contribution is -0.385. The Kier molecular flexibility index (Phi) is 10.1. The molecule has 1 aliphatic carbocycles. The standard InChI is InChI=1S/C40H38N2O14/c1-48-30-11-20(12-31(49-2)37(30)52-5)22(9-19-7-8-27(43)26(10-19)42(46)47)39(44)41-36-24-16-29-28(55-18-56-29)15-23(24)34(35-25(36)17-54-40(35)45)21-13-32(50-3)38(53-6)33(14-21)51-4/h7-16,25,34-36,43H,17-18H2,1-6H3,(H,41,44)/b22-9+/t25?,34?,35-,36?/m0/s1. The van der Waals surface area contributed by atoms with Crippen molar-refractivity contribution in [1.29, 1.82) is 0 Å². The molecule has 0 spiro atoms. The zero-order chi connectivity index (χ0) is 39.8. The summed E-state index contributed by atoms with van der Waals surface area (Å²) < 4.78 is 50.9. The number of esters is 1. The van der Waals surface area contributed by atoms with Crippen molar-refractivity contribution in [3.8, 4) is 51.7 Å². The highest BCUT2D eigenvalue weighted by molar-refractivity contribution is 6.24. The first-order valence-corrected chi connectivity index (χ1v) is 17.3. The van der Waals surface area contributed by atoms with E-state index in [1.54, 1.807) is 36.4 Å². The number of nitro benzene ring substituents is 1. The largest absolute Gasteiger partial charge is 0.502 e. The van der Waals surface area contributed by atoms with Crippen molar-refractivity contribution in [3.05, 3.63) is 92.5 Å². The molecule has 7 rings (SSSR count). The summed E-state index contributed by atoms with van der Waals surface area (Å²) in [4.78, 5) is 39.7. The van der Waals surface area contributed by atoms with E-state index in [9.17, 15) is 24.8 Å². The number of methoxy groups -OCH3 is 6. The van der Waals surface area contributed by atoms with Gasteiger partial charge in [0, 0.05) is 23.5 Å². The second kappa shape index (κ2) is 15.1. The van der Waals surface area contributed by atoms with E-state index in [2.05, 4.69) is 5.32 Å². The maximum Gasteiger partial charge on any atom is 0.311 e. The molecular weight excluding hydrogens is 732 g/mol. The van der Waals surface area contributed by atoms with Crippen LogP contribution in [0.4, 0.5) is 5.69 Å².